The van der Waals surface area contributed by atoms with E-state index in [0.717, 1.165) is 5.69 Å². The summed E-state index contributed by atoms with van der Waals surface area (Å²) in [6, 6.07) is 71.5. The van der Waals surface area contributed by atoms with Gasteiger partial charge in [-0.25, -0.2) is 0 Å². The zero-order valence-electron chi connectivity index (χ0n) is 29.8. The Bertz CT molecular complexity index is 3470. The Hall–Kier alpha value is -6.94. The SMILES string of the molecule is c1ccc(-n2c3ccccc3c3cc(-c4ccc5c(c4)c4ccc6ccccc6c4n5-c4ccc(-c5ccc6c(c5)sc5ccccc56)cc4)ccc32)cc1. The van der Waals surface area contributed by atoms with Crippen LogP contribution >= 0.6 is 11.3 Å². The van der Waals surface area contributed by atoms with Crippen LogP contribution in [0.1, 0.15) is 0 Å². The lowest BCUT2D eigenvalue weighted by molar-refractivity contribution is 1.18. The summed E-state index contributed by atoms with van der Waals surface area (Å²) >= 11 is 1.87. The maximum atomic E-state index is 2.46. The van der Waals surface area contributed by atoms with Gasteiger partial charge < -0.3 is 9.13 Å². The lowest BCUT2D eigenvalue weighted by atomic mass is 10.00. The number of fused-ring (bicyclic) bond motifs is 11. The van der Waals surface area contributed by atoms with Gasteiger partial charge in [-0.2, -0.15) is 0 Å². The van der Waals surface area contributed by atoms with Gasteiger partial charge in [-0.15, -0.1) is 11.3 Å². The van der Waals surface area contributed by atoms with Gasteiger partial charge in [0.15, 0.2) is 0 Å². The van der Waals surface area contributed by atoms with Crippen LogP contribution in [0.4, 0.5) is 0 Å². The molecule has 12 rings (SSSR count). The van der Waals surface area contributed by atoms with Crippen LogP contribution in [0.2, 0.25) is 0 Å². The number of hydrogen-bond donors (Lipinski definition) is 0. The summed E-state index contributed by atoms with van der Waals surface area (Å²) in [5.74, 6) is 0. The lowest BCUT2D eigenvalue weighted by Gasteiger charge is -2.11. The van der Waals surface area contributed by atoms with Crippen LogP contribution in [-0.4, -0.2) is 9.13 Å². The number of hydrogen-bond acceptors (Lipinski definition) is 1. The fraction of sp³-hybridized carbons (Fsp3) is 0. The molecule has 0 bridgehead atoms. The van der Waals surface area contributed by atoms with Crippen molar-refractivity contribution in [2.45, 2.75) is 0 Å². The van der Waals surface area contributed by atoms with E-state index in [0.29, 0.717) is 0 Å². The van der Waals surface area contributed by atoms with Crippen molar-refractivity contribution in [3.05, 3.63) is 194 Å². The number of benzene rings is 9. The number of nitrogens with zero attached hydrogens (tertiary/aromatic N) is 2. The summed E-state index contributed by atoms with van der Waals surface area (Å²) in [6.45, 7) is 0. The van der Waals surface area contributed by atoms with Crippen molar-refractivity contribution in [2.24, 2.45) is 0 Å². The minimum atomic E-state index is 1.16. The van der Waals surface area contributed by atoms with Gasteiger partial charge >= 0.3 is 0 Å². The molecule has 0 atom stereocenters. The van der Waals surface area contributed by atoms with E-state index < -0.39 is 0 Å². The highest BCUT2D eigenvalue weighted by Crippen LogP contribution is 2.41. The van der Waals surface area contributed by atoms with Gasteiger partial charge in [0.05, 0.1) is 22.1 Å². The van der Waals surface area contributed by atoms with Crippen LogP contribution in [-0.2, 0) is 0 Å². The van der Waals surface area contributed by atoms with Gasteiger partial charge in [0.25, 0.3) is 0 Å². The molecule has 256 valence electrons. The molecule has 0 radical (unpaired) electrons. The van der Waals surface area contributed by atoms with E-state index in [2.05, 4.69) is 203 Å². The molecule has 3 heterocycles. The highest BCUT2D eigenvalue weighted by molar-refractivity contribution is 7.25. The molecule has 2 nitrogen and oxygen atoms in total. The summed E-state index contributed by atoms with van der Waals surface area (Å²) in [5.41, 5.74) is 12.1. The molecule has 0 spiro atoms. The summed E-state index contributed by atoms with van der Waals surface area (Å²) in [5, 5.41) is 10.2. The third-order valence-corrected chi connectivity index (χ3v) is 12.6. The highest BCUT2D eigenvalue weighted by Gasteiger charge is 2.18. The topological polar surface area (TPSA) is 9.86 Å². The van der Waals surface area contributed by atoms with E-state index in [1.165, 1.54) is 102 Å². The average Bonchev–Trinajstić information content (AvgIpc) is 3.91. The van der Waals surface area contributed by atoms with Gasteiger partial charge in [-0.05, 0) is 94.4 Å². The second-order valence-corrected chi connectivity index (χ2v) is 15.6. The molecule has 0 saturated heterocycles. The van der Waals surface area contributed by atoms with Crippen molar-refractivity contribution < 1.29 is 0 Å². The first kappa shape index (κ1) is 30.5. The van der Waals surface area contributed by atoms with Gasteiger partial charge in [0.1, 0.15) is 0 Å². The molecule has 0 aliphatic carbocycles. The second kappa shape index (κ2) is 11.8. The van der Waals surface area contributed by atoms with Crippen molar-refractivity contribution in [1.82, 2.24) is 9.13 Å². The Kier molecular flexibility index (Phi) is 6.54. The Morgan fingerprint density at radius 1 is 0.291 bits per heavy atom. The number of thiophene rings is 1. The van der Waals surface area contributed by atoms with Gasteiger partial charge in [0.2, 0.25) is 0 Å². The standard InChI is InChI=1S/C52H32N2S/c1-2-11-38(12-3-1)53-47-16-8-6-14-41(47)45-30-35(22-28-48(45)53)36-23-29-49-46(31-36)44-27-20-34-10-4-5-13-40(34)52(44)54(49)39-24-18-33(19-25-39)37-21-26-43-42-15-7-9-17-50(42)55-51(43)32-37/h1-32H. The number of rotatable bonds is 4. The molecule has 0 amide bonds. The van der Waals surface area contributed by atoms with Crippen LogP contribution in [0.25, 0.3) is 108 Å². The zero-order chi connectivity index (χ0) is 36.0. The molecular formula is C52H32N2S. The smallest absolute Gasteiger partial charge is 0.0619 e. The first-order valence-corrected chi connectivity index (χ1v) is 19.7. The maximum absolute atomic E-state index is 2.46. The first-order chi connectivity index (χ1) is 27.3. The van der Waals surface area contributed by atoms with Crippen molar-refractivity contribution in [3.63, 3.8) is 0 Å². The van der Waals surface area contributed by atoms with Crippen LogP contribution in [0, 0.1) is 0 Å². The second-order valence-electron chi connectivity index (χ2n) is 14.5. The fourth-order valence-electron chi connectivity index (χ4n) is 8.94. The van der Waals surface area contributed by atoms with E-state index in [9.17, 15) is 0 Å². The summed E-state index contributed by atoms with van der Waals surface area (Å²) < 4.78 is 7.51. The highest BCUT2D eigenvalue weighted by atomic mass is 32.1. The summed E-state index contributed by atoms with van der Waals surface area (Å²) in [4.78, 5) is 0. The molecule has 55 heavy (non-hydrogen) atoms. The minimum absolute atomic E-state index is 1.16. The number of para-hydroxylation sites is 2. The molecule has 12 aromatic rings. The molecule has 0 aliphatic heterocycles. The monoisotopic (exact) mass is 716 g/mol. The van der Waals surface area contributed by atoms with Crippen LogP contribution in [0.15, 0.2) is 194 Å². The van der Waals surface area contributed by atoms with Crippen molar-refractivity contribution in [3.8, 4) is 33.6 Å². The van der Waals surface area contributed by atoms with Crippen molar-refractivity contribution in [1.29, 1.82) is 0 Å². The van der Waals surface area contributed by atoms with E-state index in [1.54, 1.807) is 0 Å². The predicted molar refractivity (Wildman–Crippen MR) is 236 cm³/mol. The van der Waals surface area contributed by atoms with Crippen LogP contribution in [0.5, 0.6) is 0 Å². The molecule has 9 aromatic carbocycles. The van der Waals surface area contributed by atoms with E-state index in [4.69, 9.17) is 0 Å². The third-order valence-electron chi connectivity index (χ3n) is 11.5. The Balaban J connectivity index is 1.02. The quantitative estimate of drug-likeness (QED) is 0.172. The third kappa shape index (κ3) is 4.60. The Labute approximate surface area is 321 Å². The maximum Gasteiger partial charge on any atom is 0.0619 e. The molecule has 0 saturated carbocycles. The van der Waals surface area contributed by atoms with Crippen LogP contribution < -0.4 is 0 Å². The largest absolute Gasteiger partial charge is 0.309 e. The van der Waals surface area contributed by atoms with E-state index in [-0.39, 0.29) is 0 Å². The van der Waals surface area contributed by atoms with Crippen molar-refractivity contribution >= 4 is 85.9 Å². The molecule has 0 fully saturated rings. The molecule has 0 unspecified atom stereocenters. The van der Waals surface area contributed by atoms with Gasteiger partial charge in [-0.1, -0.05) is 127 Å². The van der Waals surface area contributed by atoms with Crippen molar-refractivity contribution in [2.75, 3.05) is 0 Å². The molecular weight excluding hydrogens is 685 g/mol. The van der Waals surface area contributed by atoms with Gasteiger partial charge in [0, 0.05) is 58.5 Å². The Morgan fingerprint density at radius 2 is 0.836 bits per heavy atom. The zero-order valence-corrected chi connectivity index (χ0v) is 30.6. The Morgan fingerprint density at radius 3 is 1.65 bits per heavy atom. The first-order valence-electron chi connectivity index (χ1n) is 18.8. The number of aromatic nitrogens is 2. The van der Waals surface area contributed by atoms with E-state index in [1.807, 2.05) is 11.3 Å². The molecule has 0 aliphatic rings. The van der Waals surface area contributed by atoms with Crippen LogP contribution in [0.3, 0.4) is 0 Å². The fourth-order valence-corrected chi connectivity index (χ4v) is 10.1. The minimum Gasteiger partial charge on any atom is -0.309 e. The summed E-state index contributed by atoms with van der Waals surface area (Å²) in [6.07, 6.45) is 0. The average molecular weight is 717 g/mol. The molecule has 3 aromatic heterocycles. The molecule has 0 N–H and O–H groups in total. The lowest BCUT2D eigenvalue weighted by Crippen LogP contribution is -1.94. The molecule has 3 heteroatoms. The van der Waals surface area contributed by atoms with Gasteiger partial charge in [-0.3, -0.25) is 0 Å². The normalized spacial score (nSPS) is 12.0. The van der Waals surface area contributed by atoms with E-state index >= 15 is 0 Å². The summed E-state index contributed by atoms with van der Waals surface area (Å²) in [7, 11) is 0. The predicted octanol–water partition coefficient (Wildman–Crippen LogP) is 14.7.